The van der Waals surface area contributed by atoms with Crippen molar-refractivity contribution in [3.63, 3.8) is 0 Å². The smallest absolute Gasteiger partial charge is 0.141 e. The van der Waals surface area contributed by atoms with Crippen LogP contribution < -0.4 is 11.1 Å². The zero-order chi connectivity index (χ0) is 24.3. The number of nitrogens with two attached hydrogens (primary N) is 1. The Hall–Kier alpha value is -3.06. The van der Waals surface area contributed by atoms with Gasteiger partial charge in [-0.25, -0.2) is 4.39 Å². The molecule has 2 atom stereocenters. The van der Waals surface area contributed by atoms with Gasteiger partial charge < -0.3 is 16.0 Å². The van der Waals surface area contributed by atoms with Crippen molar-refractivity contribution in [2.75, 3.05) is 25.5 Å². The summed E-state index contributed by atoms with van der Waals surface area (Å²) in [6.07, 6.45) is 4.66. The Kier molecular flexibility index (Phi) is 7.64. The molecule has 0 bridgehead atoms. The quantitative estimate of drug-likeness (QED) is 0.652. The molecule has 3 N–H and O–H groups in total. The largest absolute Gasteiger partial charge is 0.388 e. The van der Waals surface area contributed by atoms with Crippen molar-refractivity contribution in [3.8, 4) is 0 Å². The second-order valence-corrected chi connectivity index (χ2v) is 8.97. The highest BCUT2D eigenvalue weighted by Gasteiger charge is 2.53. The van der Waals surface area contributed by atoms with Crippen molar-refractivity contribution in [1.82, 2.24) is 14.9 Å². The van der Waals surface area contributed by atoms with Crippen molar-refractivity contribution >= 4 is 17.0 Å². The predicted molar refractivity (Wildman–Crippen MR) is 134 cm³/mol. The van der Waals surface area contributed by atoms with Crippen molar-refractivity contribution in [3.05, 3.63) is 71.3 Å². The molecule has 1 saturated carbocycles. The van der Waals surface area contributed by atoms with Crippen LogP contribution in [0.25, 0.3) is 5.57 Å². The Morgan fingerprint density at radius 3 is 2.39 bits per heavy atom. The molecule has 0 aromatic carbocycles. The molecule has 1 saturated heterocycles. The van der Waals surface area contributed by atoms with Crippen molar-refractivity contribution in [1.29, 1.82) is 0 Å². The highest BCUT2D eigenvalue weighted by molar-refractivity contribution is 6.23. The van der Waals surface area contributed by atoms with E-state index in [2.05, 4.69) is 40.6 Å². The van der Waals surface area contributed by atoms with E-state index in [1.807, 2.05) is 33.2 Å². The fourth-order valence-electron chi connectivity index (χ4n) is 4.53. The summed E-state index contributed by atoms with van der Waals surface area (Å²) < 4.78 is 12.1. The van der Waals surface area contributed by atoms with Crippen LogP contribution in [0.3, 0.4) is 0 Å². The number of pyridine rings is 2. The van der Waals surface area contributed by atoms with Gasteiger partial charge in [-0.1, -0.05) is 6.58 Å². The molecule has 33 heavy (non-hydrogen) atoms. The molecule has 3 heterocycles. The second kappa shape index (κ2) is 10.3. The van der Waals surface area contributed by atoms with E-state index >= 15 is 0 Å². The summed E-state index contributed by atoms with van der Waals surface area (Å²) in [7, 11) is 1.94. The van der Waals surface area contributed by atoms with E-state index in [4.69, 9.17) is 10.7 Å². The molecule has 0 spiro atoms. The first kappa shape index (κ1) is 24.6. The van der Waals surface area contributed by atoms with Gasteiger partial charge in [0.1, 0.15) is 5.82 Å². The Balaban J connectivity index is 0.000000323. The minimum atomic E-state index is -0.273. The maximum Gasteiger partial charge on any atom is 0.141 e. The number of aromatic nitrogens is 2. The van der Waals surface area contributed by atoms with Gasteiger partial charge in [-0.2, -0.15) is 0 Å². The van der Waals surface area contributed by atoms with Gasteiger partial charge in [-0.3, -0.25) is 15.0 Å². The van der Waals surface area contributed by atoms with Gasteiger partial charge in [-0.05, 0) is 69.7 Å². The van der Waals surface area contributed by atoms with Gasteiger partial charge in [0, 0.05) is 66.9 Å². The van der Waals surface area contributed by atoms with Crippen LogP contribution in [-0.2, 0) is 0 Å². The fourth-order valence-corrected chi connectivity index (χ4v) is 4.53. The zero-order valence-electron chi connectivity index (χ0n) is 20.5. The molecule has 176 valence electrons. The van der Waals surface area contributed by atoms with Crippen molar-refractivity contribution in [2.24, 2.45) is 22.6 Å². The molecule has 2 aromatic heterocycles. The summed E-state index contributed by atoms with van der Waals surface area (Å²) >= 11 is 0. The second-order valence-electron chi connectivity index (χ2n) is 8.97. The number of anilines is 1. The summed E-state index contributed by atoms with van der Waals surface area (Å²) in [5.41, 5.74) is 14.3. The predicted octanol–water partition coefficient (Wildman–Crippen LogP) is 4.58. The first-order valence-corrected chi connectivity index (χ1v) is 11.3. The SMILES string of the molecule is C=C(C)N=C(C)/C(=C(\C)N1CC2C(N)C2C1)c1nccc(NC)c1C.Cc1cncc(F)c1. The molecule has 2 aromatic rings. The number of likely N-dealkylation sites (tertiary alicyclic amines) is 1. The molecule has 0 radical (unpaired) electrons. The van der Waals surface area contributed by atoms with E-state index < -0.39 is 0 Å². The normalized spacial score (nSPS) is 22.1. The van der Waals surface area contributed by atoms with Crippen LogP contribution in [0.1, 0.15) is 37.6 Å². The Bertz CT molecular complexity index is 1060. The number of nitrogens with one attached hydrogen (secondary N) is 1. The van der Waals surface area contributed by atoms with Crippen molar-refractivity contribution in [2.45, 2.75) is 40.7 Å². The van der Waals surface area contributed by atoms with E-state index in [0.717, 1.165) is 52.6 Å². The number of aryl methyl sites for hydroxylation is 1. The lowest BCUT2D eigenvalue weighted by Gasteiger charge is -2.26. The highest BCUT2D eigenvalue weighted by atomic mass is 19.1. The minimum absolute atomic E-state index is 0.273. The standard InChI is InChI=1S/C20H29N5.C6H6FN/c1-11(2)24-13(4)18(20-12(3)17(22-6)7-8-23-20)14(5)25-9-15-16(10-25)19(15)21;1-5-2-6(7)4-8-3-5/h7-8,15-16,19H,1,9-10,21H2,2-6H3,(H,22,23);2-4H,1H3/b18-14-,24-13?;. The molecule has 6 nitrogen and oxygen atoms in total. The van der Waals surface area contributed by atoms with E-state index in [9.17, 15) is 4.39 Å². The van der Waals surface area contributed by atoms with Gasteiger partial charge >= 0.3 is 0 Å². The first-order valence-electron chi connectivity index (χ1n) is 11.3. The molecule has 2 aliphatic rings. The number of rotatable bonds is 5. The maximum atomic E-state index is 12.1. The molecule has 4 rings (SSSR count). The van der Waals surface area contributed by atoms with Crippen molar-refractivity contribution < 1.29 is 4.39 Å². The number of allylic oxidation sites excluding steroid dienone is 3. The Morgan fingerprint density at radius 1 is 1.21 bits per heavy atom. The number of halogens is 1. The first-order chi connectivity index (χ1) is 15.6. The summed E-state index contributed by atoms with van der Waals surface area (Å²) in [5.74, 6) is 1.02. The number of piperidine rings is 1. The third-order valence-corrected chi connectivity index (χ3v) is 6.37. The van der Waals surface area contributed by atoms with Crippen LogP contribution in [0.15, 0.2) is 53.7 Å². The van der Waals surface area contributed by atoms with Crippen LogP contribution in [-0.4, -0.2) is 46.8 Å². The number of aliphatic imine (C=N–C) groups is 1. The number of hydrogen-bond acceptors (Lipinski definition) is 6. The van der Waals surface area contributed by atoms with Gasteiger partial charge in [0.25, 0.3) is 0 Å². The van der Waals surface area contributed by atoms with Crippen LogP contribution in [0.4, 0.5) is 10.1 Å². The molecular weight excluding hydrogens is 415 g/mol. The highest BCUT2D eigenvalue weighted by Crippen LogP contribution is 2.45. The topological polar surface area (TPSA) is 79.4 Å². The summed E-state index contributed by atoms with van der Waals surface area (Å²) in [4.78, 5) is 15.4. The lowest BCUT2D eigenvalue weighted by Crippen LogP contribution is -2.28. The molecule has 2 fully saturated rings. The molecular formula is C26H35FN6. The van der Waals surface area contributed by atoms with Gasteiger partial charge in [0.05, 0.1) is 11.9 Å². The third-order valence-electron chi connectivity index (χ3n) is 6.37. The molecule has 2 unspecified atom stereocenters. The lowest BCUT2D eigenvalue weighted by molar-refractivity contribution is 0.374. The van der Waals surface area contributed by atoms with Crippen LogP contribution >= 0.6 is 0 Å². The minimum Gasteiger partial charge on any atom is -0.388 e. The molecule has 1 aliphatic carbocycles. The number of hydrogen-bond donors (Lipinski definition) is 2. The Morgan fingerprint density at radius 2 is 1.88 bits per heavy atom. The summed E-state index contributed by atoms with van der Waals surface area (Å²) in [6.45, 7) is 16.1. The molecule has 7 heteroatoms. The average Bonchev–Trinajstić information content (AvgIpc) is 3.14. The maximum absolute atomic E-state index is 12.1. The van der Waals surface area contributed by atoms with Crippen LogP contribution in [0.5, 0.6) is 0 Å². The number of fused-ring (bicyclic) bond motifs is 1. The van der Waals surface area contributed by atoms with Gasteiger partial charge in [0.15, 0.2) is 0 Å². The summed E-state index contributed by atoms with van der Waals surface area (Å²) in [6, 6.07) is 3.83. The summed E-state index contributed by atoms with van der Waals surface area (Å²) in [5, 5.41) is 3.25. The van der Waals surface area contributed by atoms with Crippen LogP contribution in [0, 0.1) is 31.5 Å². The average molecular weight is 451 g/mol. The zero-order valence-corrected chi connectivity index (χ0v) is 20.5. The van der Waals surface area contributed by atoms with Crippen LogP contribution in [0.2, 0.25) is 0 Å². The Labute approximate surface area is 196 Å². The monoisotopic (exact) mass is 450 g/mol. The third kappa shape index (κ3) is 5.66. The fraction of sp³-hybridized carbons (Fsp3) is 0.423. The molecule has 0 amide bonds. The van der Waals surface area contributed by atoms with E-state index in [1.165, 1.54) is 18.0 Å². The van der Waals surface area contributed by atoms with E-state index in [1.54, 1.807) is 13.1 Å². The lowest BCUT2D eigenvalue weighted by atomic mass is 9.99. The van der Waals surface area contributed by atoms with E-state index in [-0.39, 0.29) is 5.82 Å². The van der Waals surface area contributed by atoms with Gasteiger partial charge in [0.2, 0.25) is 0 Å². The molecule has 1 aliphatic heterocycles. The van der Waals surface area contributed by atoms with E-state index in [0.29, 0.717) is 17.9 Å². The number of nitrogens with zero attached hydrogens (tertiary/aromatic N) is 4. The van der Waals surface area contributed by atoms with Gasteiger partial charge in [-0.15, -0.1) is 0 Å².